The van der Waals surface area contributed by atoms with E-state index in [1.54, 1.807) is 12.1 Å². The second-order valence-corrected chi connectivity index (χ2v) is 3.86. The quantitative estimate of drug-likeness (QED) is 0.752. The summed E-state index contributed by atoms with van der Waals surface area (Å²) in [5.41, 5.74) is 0.591. The van der Waals surface area contributed by atoms with Crippen LogP contribution in [0.1, 0.15) is 5.56 Å². The Hall–Kier alpha value is -1.35. The van der Waals surface area contributed by atoms with Crippen molar-refractivity contribution in [2.45, 2.75) is 5.33 Å². The highest BCUT2D eigenvalue weighted by Gasteiger charge is 2.03. The van der Waals surface area contributed by atoms with Crippen LogP contribution in [0.25, 0.3) is 0 Å². The molecule has 0 spiro atoms. The van der Waals surface area contributed by atoms with E-state index in [0.717, 1.165) is 5.75 Å². The van der Waals surface area contributed by atoms with E-state index in [9.17, 15) is 4.39 Å². The van der Waals surface area contributed by atoms with Gasteiger partial charge in [0.2, 0.25) is 0 Å². The van der Waals surface area contributed by atoms with Crippen molar-refractivity contribution in [3.63, 3.8) is 0 Å². The van der Waals surface area contributed by atoms with Crippen LogP contribution in [0.15, 0.2) is 48.5 Å². The van der Waals surface area contributed by atoms with Crippen LogP contribution in [-0.2, 0) is 5.33 Å². The summed E-state index contributed by atoms with van der Waals surface area (Å²) in [5.74, 6) is 1.16. The Morgan fingerprint density at radius 3 is 2.44 bits per heavy atom. The molecule has 0 unspecified atom stereocenters. The van der Waals surface area contributed by atoms with Gasteiger partial charge >= 0.3 is 0 Å². The van der Waals surface area contributed by atoms with Gasteiger partial charge in [-0.1, -0.05) is 34.1 Å². The largest absolute Gasteiger partial charge is 0.457 e. The van der Waals surface area contributed by atoms with Crippen molar-refractivity contribution < 1.29 is 9.13 Å². The van der Waals surface area contributed by atoms with Gasteiger partial charge in [0.25, 0.3) is 0 Å². The minimum atomic E-state index is -0.225. The molecule has 1 nitrogen and oxygen atoms in total. The average molecular weight is 281 g/mol. The predicted molar refractivity (Wildman–Crippen MR) is 65.5 cm³/mol. The maximum Gasteiger partial charge on any atom is 0.127 e. The van der Waals surface area contributed by atoms with Crippen LogP contribution in [0.5, 0.6) is 11.5 Å². The van der Waals surface area contributed by atoms with E-state index in [4.69, 9.17) is 4.74 Å². The van der Waals surface area contributed by atoms with Gasteiger partial charge in [0, 0.05) is 10.9 Å². The van der Waals surface area contributed by atoms with Crippen LogP contribution < -0.4 is 4.74 Å². The number of alkyl halides is 1. The molecular weight excluding hydrogens is 271 g/mol. The summed E-state index contributed by atoms with van der Waals surface area (Å²) in [5, 5.41) is 0.477. The van der Waals surface area contributed by atoms with Crippen LogP contribution in [0.4, 0.5) is 4.39 Å². The van der Waals surface area contributed by atoms with E-state index in [-0.39, 0.29) is 5.82 Å². The molecular formula is C13H10BrFO. The lowest BCUT2D eigenvalue weighted by Crippen LogP contribution is -1.89. The highest BCUT2D eigenvalue weighted by molar-refractivity contribution is 9.08. The zero-order valence-electron chi connectivity index (χ0n) is 8.49. The molecule has 0 saturated carbocycles. The van der Waals surface area contributed by atoms with Crippen LogP contribution in [-0.4, -0.2) is 0 Å². The lowest BCUT2D eigenvalue weighted by Gasteiger charge is -2.07. The first-order valence-corrected chi connectivity index (χ1v) is 5.99. The number of hydrogen-bond acceptors (Lipinski definition) is 1. The van der Waals surface area contributed by atoms with E-state index in [2.05, 4.69) is 15.9 Å². The molecule has 0 aromatic heterocycles. The normalized spacial score (nSPS) is 10.1. The first kappa shape index (κ1) is 11.1. The smallest absolute Gasteiger partial charge is 0.127 e. The molecule has 16 heavy (non-hydrogen) atoms. The van der Waals surface area contributed by atoms with E-state index in [1.165, 1.54) is 6.07 Å². The Kier molecular flexibility index (Phi) is 3.57. The number of benzene rings is 2. The van der Waals surface area contributed by atoms with Gasteiger partial charge < -0.3 is 4.74 Å². The zero-order valence-corrected chi connectivity index (χ0v) is 10.1. The van der Waals surface area contributed by atoms with Crippen molar-refractivity contribution in [3.8, 4) is 11.5 Å². The molecule has 2 aromatic rings. The van der Waals surface area contributed by atoms with Crippen LogP contribution in [0, 0.1) is 5.82 Å². The molecule has 0 heterocycles. The van der Waals surface area contributed by atoms with Crippen LogP contribution >= 0.6 is 15.9 Å². The molecule has 0 amide bonds. The summed E-state index contributed by atoms with van der Waals surface area (Å²) in [4.78, 5) is 0. The van der Waals surface area contributed by atoms with Gasteiger partial charge in [-0.05, 0) is 30.3 Å². The molecule has 0 atom stereocenters. The molecule has 0 fully saturated rings. The maximum absolute atomic E-state index is 13.2. The Labute approximate surface area is 102 Å². The molecule has 0 radical (unpaired) electrons. The third kappa shape index (κ3) is 2.61. The molecule has 0 N–H and O–H groups in total. The summed E-state index contributed by atoms with van der Waals surface area (Å²) in [6.07, 6.45) is 0. The van der Waals surface area contributed by atoms with Crippen molar-refractivity contribution in [2.24, 2.45) is 0 Å². The third-order valence-electron chi connectivity index (χ3n) is 2.14. The highest BCUT2D eigenvalue weighted by Crippen LogP contribution is 2.24. The van der Waals surface area contributed by atoms with E-state index in [0.29, 0.717) is 16.6 Å². The second kappa shape index (κ2) is 5.12. The predicted octanol–water partition coefficient (Wildman–Crippen LogP) is 4.51. The number of halogens is 2. The first-order valence-electron chi connectivity index (χ1n) is 4.87. The number of hydrogen-bond donors (Lipinski definition) is 0. The lowest BCUT2D eigenvalue weighted by molar-refractivity contribution is 0.479. The fourth-order valence-corrected chi connectivity index (χ4v) is 1.77. The monoisotopic (exact) mass is 280 g/mol. The fraction of sp³-hybridized carbons (Fsp3) is 0.0769. The van der Waals surface area contributed by atoms with Crippen molar-refractivity contribution in [3.05, 3.63) is 59.9 Å². The van der Waals surface area contributed by atoms with Gasteiger partial charge in [-0.3, -0.25) is 0 Å². The summed E-state index contributed by atoms with van der Waals surface area (Å²) in [6.45, 7) is 0. The van der Waals surface area contributed by atoms with Gasteiger partial charge in [0.05, 0.1) is 0 Å². The standard InChI is InChI=1S/C13H10BrFO/c14-9-10-8-12(6-7-13(10)15)16-11-4-2-1-3-5-11/h1-8H,9H2. The Morgan fingerprint density at radius 2 is 1.75 bits per heavy atom. The molecule has 3 heteroatoms. The highest BCUT2D eigenvalue weighted by atomic mass is 79.9. The average Bonchev–Trinajstić information content (AvgIpc) is 2.33. The fourth-order valence-electron chi connectivity index (χ4n) is 1.34. The van der Waals surface area contributed by atoms with Crippen LogP contribution in [0.2, 0.25) is 0 Å². The molecule has 0 bridgehead atoms. The molecule has 2 aromatic carbocycles. The Morgan fingerprint density at radius 1 is 1.00 bits per heavy atom. The van der Waals surface area contributed by atoms with Crippen molar-refractivity contribution >= 4 is 15.9 Å². The van der Waals surface area contributed by atoms with Gasteiger partial charge in [-0.2, -0.15) is 0 Å². The number of ether oxygens (including phenoxy) is 1. The summed E-state index contributed by atoms with van der Waals surface area (Å²) in [6, 6.07) is 14.1. The molecule has 0 aliphatic heterocycles. The first-order chi connectivity index (χ1) is 7.79. The van der Waals surface area contributed by atoms with Crippen molar-refractivity contribution in [1.29, 1.82) is 0 Å². The number of rotatable bonds is 3. The SMILES string of the molecule is Fc1ccc(Oc2ccccc2)cc1CBr. The maximum atomic E-state index is 13.2. The summed E-state index contributed by atoms with van der Waals surface area (Å²) in [7, 11) is 0. The van der Waals surface area contributed by atoms with Gasteiger partial charge in [0.1, 0.15) is 17.3 Å². The summed E-state index contributed by atoms with van der Waals surface area (Å²) < 4.78 is 18.8. The molecule has 0 aliphatic carbocycles. The van der Waals surface area contributed by atoms with E-state index in [1.807, 2.05) is 30.3 Å². The molecule has 0 aliphatic rings. The molecule has 0 saturated heterocycles. The van der Waals surface area contributed by atoms with Crippen molar-refractivity contribution in [2.75, 3.05) is 0 Å². The Balaban J connectivity index is 2.22. The summed E-state index contributed by atoms with van der Waals surface area (Å²) >= 11 is 3.23. The number of para-hydroxylation sites is 1. The van der Waals surface area contributed by atoms with E-state index >= 15 is 0 Å². The minimum absolute atomic E-state index is 0.225. The minimum Gasteiger partial charge on any atom is -0.457 e. The van der Waals surface area contributed by atoms with Gasteiger partial charge in [-0.25, -0.2) is 4.39 Å². The van der Waals surface area contributed by atoms with Crippen LogP contribution in [0.3, 0.4) is 0 Å². The Bertz CT molecular complexity index is 471. The second-order valence-electron chi connectivity index (χ2n) is 3.30. The van der Waals surface area contributed by atoms with Crippen molar-refractivity contribution in [1.82, 2.24) is 0 Å². The zero-order chi connectivity index (χ0) is 11.4. The van der Waals surface area contributed by atoms with Gasteiger partial charge in [-0.15, -0.1) is 0 Å². The molecule has 2 rings (SSSR count). The van der Waals surface area contributed by atoms with Gasteiger partial charge in [0.15, 0.2) is 0 Å². The topological polar surface area (TPSA) is 9.23 Å². The molecule has 82 valence electrons. The van der Waals surface area contributed by atoms with E-state index < -0.39 is 0 Å². The third-order valence-corrected chi connectivity index (χ3v) is 2.74. The lowest BCUT2D eigenvalue weighted by atomic mass is 10.2.